The average molecular weight is 277 g/mol. The summed E-state index contributed by atoms with van der Waals surface area (Å²) in [4.78, 5) is 8.94. The van der Waals surface area contributed by atoms with Crippen molar-refractivity contribution >= 4 is 22.4 Å². The van der Waals surface area contributed by atoms with E-state index in [0.717, 1.165) is 33.6 Å². The number of imidazole rings is 1. The first-order valence-corrected chi connectivity index (χ1v) is 6.83. The van der Waals surface area contributed by atoms with Gasteiger partial charge in [0.15, 0.2) is 0 Å². The molecule has 0 spiro atoms. The first kappa shape index (κ1) is 12.0. The van der Waals surface area contributed by atoms with Gasteiger partial charge in [0.1, 0.15) is 11.3 Å². The molecule has 0 aliphatic carbocycles. The minimum Gasteiger partial charge on any atom is -0.387 e. The number of aromatic nitrogens is 4. The zero-order chi connectivity index (χ0) is 14.4. The summed E-state index contributed by atoms with van der Waals surface area (Å²) in [5, 5.41) is 4.30. The maximum Gasteiger partial charge on any atom is 0.140 e. The molecule has 4 heterocycles. The van der Waals surface area contributed by atoms with Gasteiger partial charge in [0.05, 0.1) is 17.6 Å². The molecule has 1 N–H and O–H groups in total. The Kier molecular flexibility index (Phi) is 2.47. The van der Waals surface area contributed by atoms with Gasteiger partial charge in [-0.05, 0) is 24.3 Å². The maximum absolute atomic E-state index is 4.49. The molecule has 4 rings (SSSR count). The Bertz CT molecular complexity index is 948. The van der Waals surface area contributed by atoms with Crippen LogP contribution in [-0.2, 0) is 7.05 Å². The Morgan fingerprint density at radius 3 is 2.86 bits per heavy atom. The van der Waals surface area contributed by atoms with Crippen LogP contribution >= 0.6 is 0 Å². The molecule has 0 fully saturated rings. The molecule has 0 bridgehead atoms. The third-order valence-electron chi connectivity index (χ3n) is 3.84. The van der Waals surface area contributed by atoms with Gasteiger partial charge in [-0.2, -0.15) is 0 Å². The minimum atomic E-state index is 0.935. The highest BCUT2D eigenvalue weighted by Crippen LogP contribution is 2.29. The first-order valence-electron chi connectivity index (χ1n) is 6.83. The Morgan fingerprint density at radius 2 is 2.00 bits per heavy atom. The number of rotatable bonds is 2. The van der Waals surface area contributed by atoms with E-state index < -0.39 is 0 Å². The number of nitrogens with zero attached hydrogens (tertiary/aromatic N) is 4. The topological polar surface area (TPSA) is 47.2 Å². The van der Waals surface area contributed by atoms with Gasteiger partial charge < -0.3 is 9.88 Å². The van der Waals surface area contributed by atoms with E-state index in [1.807, 2.05) is 55.5 Å². The fourth-order valence-corrected chi connectivity index (χ4v) is 2.72. The van der Waals surface area contributed by atoms with Gasteiger partial charge in [-0.25, -0.2) is 9.97 Å². The van der Waals surface area contributed by atoms with Gasteiger partial charge in [0.2, 0.25) is 0 Å². The van der Waals surface area contributed by atoms with Gasteiger partial charge in [0.25, 0.3) is 0 Å². The van der Waals surface area contributed by atoms with Crippen molar-refractivity contribution in [2.75, 3.05) is 12.4 Å². The molecular weight excluding hydrogens is 262 g/mol. The van der Waals surface area contributed by atoms with E-state index in [4.69, 9.17) is 0 Å². The van der Waals surface area contributed by atoms with Crippen LogP contribution in [0.5, 0.6) is 0 Å². The number of hydrogen-bond donors (Lipinski definition) is 1. The molecule has 0 aromatic carbocycles. The second-order valence-corrected chi connectivity index (χ2v) is 5.06. The molecule has 0 amide bonds. The van der Waals surface area contributed by atoms with Gasteiger partial charge >= 0.3 is 0 Å². The zero-order valence-electron chi connectivity index (χ0n) is 11.9. The van der Waals surface area contributed by atoms with Gasteiger partial charge in [-0.1, -0.05) is 0 Å². The Balaban J connectivity index is 2.04. The maximum atomic E-state index is 4.49. The van der Waals surface area contributed by atoms with E-state index in [1.165, 1.54) is 0 Å². The zero-order valence-corrected chi connectivity index (χ0v) is 11.9. The largest absolute Gasteiger partial charge is 0.387 e. The molecule has 0 radical (unpaired) electrons. The van der Waals surface area contributed by atoms with Crippen molar-refractivity contribution in [1.29, 1.82) is 0 Å². The summed E-state index contributed by atoms with van der Waals surface area (Å²) in [5.41, 5.74) is 5.18. The van der Waals surface area contributed by atoms with E-state index in [1.54, 1.807) is 0 Å². The summed E-state index contributed by atoms with van der Waals surface area (Å²) in [5.74, 6) is 0. The summed E-state index contributed by atoms with van der Waals surface area (Å²) in [6, 6.07) is 8.17. The van der Waals surface area contributed by atoms with Crippen LogP contribution in [0, 0.1) is 0 Å². The van der Waals surface area contributed by atoms with Crippen molar-refractivity contribution in [2.45, 2.75) is 0 Å². The Morgan fingerprint density at radius 1 is 1.10 bits per heavy atom. The summed E-state index contributed by atoms with van der Waals surface area (Å²) in [6.45, 7) is 0. The minimum absolute atomic E-state index is 0.935. The third kappa shape index (κ3) is 1.71. The van der Waals surface area contributed by atoms with Crippen LogP contribution in [0.3, 0.4) is 0 Å². The molecular formula is C16H15N5. The van der Waals surface area contributed by atoms with Crippen molar-refractivity contribution < 1.29 is 0 Å². The molecule has 4 aromatic heterocycles. The van der Waals surface area contributed by atoms with Crippen molar-refractivity contribution in [3.63, 3.8) is 0 Å². The quantitative estimate of drug-likeness (QED) is 0.613. The fraction of sp³-hybridized carbons (Fsp3) is 0.125. The summed E-state index contributed by atoms with van der Waals surface area (Å²) in [6.07, 6.45) is 7.85. The van der Waals surface area contributed by atoms with Crippen molar-refractivity contribution in [3.8, 4) is 11.3 Å². The molecule has 21 heavy (non-hydrogen) atoms. The lowest BCUT2D eigenvalue weighted by Gasteiger charge is -2.06. The van der Waals surface area contributed by atoms with Crippen LogP contribution < -0.4 is 5.32 Å². The number of pyridine rings is 2. The number of aryl methyl sites for hydroxylation is 1. The summed E-state index contributed by atoms with van der Waals surface area (Å²) < 4.78 is 4.13. The fourth-order valence-electron chi connectivity index (χ4n) is 2.72. The van der Waals surface area contributed by atoms with E-state index >= 15 is 0 Å². The van der Waals surface area contributed by atoms with Crippen LogP contribution in [-0.4, -0.2) is 26.0 Å². The number of hydrogen-bond acceptors (Lipinski definition) is 3. The molecule has 0 aliphatic rings. The summed E-state index contributed by atoms with van der Waals surface area (Å²) >= 11 is 0. The lowest BCUT2D eigenvalue weighted by atomic mass is 10.1. The molecule has 0 aliphatic heterocycles. The predicted molar refractivity (Wildman–Crippen MR) is 84.4 cm³/mol. The van der Waals surface area contributed by atoms with Gasteiger partial charge in [-0.15, -0.1) is 0 Å². The van der Waals surface area contributed by atoms with Crippen LogP contribution in [0.2, 0.25) is 0 Å². The molecule has 0 atom stereocenters. The third-order valence-corrected chi connectivity index (χ3v) is 3.84. The lowest BCUT2D eigenvalue weighted by Crippen LogP contribution is -1.94. The van der Waals surface area contributed by atoms with Crippen LogP contribution in [0.1, 0.15) is 0 Å². The second-order valence-electron chi connectivity index (χ2n) is 5.06. The molecule has 0 saturated heterocycles. The summed E-state index contributed by atoms with van der Waals surface area (Å²) in [7, 11) is 3.92. The van der Waals surface area contributed by atoms with E-state index in [-0.39, 0.29) is 0 Å². The van der Waals surface area contributed by atoms with Gasteiger partial charge in [-0.3, -0.25) is 4.40 Å². The monoisotopic (exact) mass is 277 g/mol. The highest BCUT2D eigenvalue weighted by atomic mass is 15.0. The van der Waals surface area contributed by atoms with Crippen molar-refractivity contribution in [2.24, 2.45) is 7.05 Å². The normalized spacial score (nSPS) is 11.3. The predicted octanol–water partition coefficient (Wildman–Crippen LogP) is 2.93. The number of nitrogens with one attached hydrogen (secondary N) is 1. The molecule has 0 unspecified atom stereocenters. The molecule has 4 aromatic rings. The number of fused-ring (bicyclic) bond motifs is 2. The van der Waals surface area contributed by atoms with Gasteiger partial charge in [0, 0.05) is 43.6 Å². The SMILES string of the molecule is CNc1ccc2ncc(-c3ccnc4c3ccn4C)n2c1. The van der Waals surface area contributed by atoms with Crippen LogP contribution in [0.4, 0.5) is 5.69 Å². The average Bonchev–Trinajstić information content (AvgIpc) is 3.10. The van der Waals surface area contributed by atoms with E-state index in [9.17, 15) is 0 Å². The molecule has 5 heteroatoms. The lowest BCUT2D eigenvalue weighted by molar-refractivity contribution is 0.948. The van der Waals surface area contributed by atoms with Crippen molar-refractivity contribution in [3.05, 3.63) is 49.1 Å². The van der Waals surface area contributed by atoms with E-state index in [2.05, 4.69) is 31.9 Å². The second kappa shape index (κ2) is 4.34. The van der Waals surface area contributed by atoms with Crippen molar-refractivity contribution in [1.82, 2.24) is 18.9 Å². The highest BCUT2D eigenvalue weighted by Gasteiger charge is 2.11. The molecule has 5 nitrogen and oxygen atoms in total. The van der Waals surface area contributed by atoms with Crippen LogP contribution in [0.25, 0.3) is 27.9 Å². The highest BCUT2D eigenvalue weighted by molar-refractivity contribution is 5.92. The number of anilines is 1. The molecule has 0 saturated carbocycles. The standard InChI is InChI=1S/C16H15N5/c1-17-11-3-4-15-19-9-14(21(15)10-11)12-5-7-18-16-13(12)6-8-20(16)2/h3-10,17H,1-2H3. The van der Waals surface area contributed by atoms with Crippen LogP contribution in [0.15, 0.2) is 49.1 Å². The molecule has 104 valence electrons. The Hall–Kier alpha value is -2.82. The first-order chi connectivity index (χ1) is 10.3. The van der Waals surface area contributed by atoms with E-state index in [0.29, 0.717) is 0 Å². The smallest absolute Gasteiger partial charge is 0.140 e. The Labute approximate surface area is 121 Å².